The first-order chi connectivity index (χ1) is 9.63. The molecule has 2 aromatic heterocycles. The summed E-state index contributed by atoms with van der Waals surface area (Å²) in [4.78, 5) is 12.0. The summed E-state index contributed by atoms with van der Waals surface area (Å²) in [7, 11) is 1.75. The summed E-state index contributed by atoms with van der Waals surface area (Å²) in [6.07, 6.45) is 3.59. The average Bonchev–Trinajstić information content (AvgIpc) is 2.98. The van der Waals surface area contributed by atoms with Crippen molar-refractivity contribution in [1.82, 2.24) is 19.6 Å². The Morgan fingerprint density at radius 1 is 1.35 bits per heavy atom. The fourth-order valence-corrected chi connectivity index (χ4v) is 2.26. The Bertz CT molecular complexity index is 771. The molecule has 0 saturated heterocycles. The van der Waals surface area contributed by atoms with Crippen molar-refractivity contribution in [2.45, 2.75) is 13.5 Å². The molecule has 0 spiro atoms. The topological polar surface area (TPSA) is 64.7 Å². The van der Waals surface area contributed by atoms with Crippen LogP contribution in [-0.4, -0.2) is 25.5 Å². The molecular weight excluding hydrogens is 254 g/mol. The number of hydrogen-bond donors (Lipinski definition) is 1. The predicted octanol–water partition coefficient (Wildman–Crippen LogP) is 1.72. The number of nitrogens with one attached hydrogen (secondary N) is 1. The monoisotopic (exact) mass is 269 g/mol. The first kappa shape index (κ1) is 12.4. The maximum atomic E-state index is 12.0. The first-order valence-electron chi connectivity index (χ1n) is 6.34. The van der Waals surface area contributed by atoms with Crippen molar-refractivity contribution < 1.29 is 4.79 Å². The summed E-state index contributed by atoms with van der Waals surface area (Å²) in [5, 5.41) is 11.5. The number of nitrogens with zero attached hydrogens (tertiary/aromatic N) is 4. The highest BCUT2D eigenvalue weighted by molar-refractivity contribution is 5.91. The van der Waals surface area contributed by atoms with Crippen LogP contribution in [0.25, 0.3) is 10.9 Å². The third-order valence-electron chi connectivity index (χ3n) is 3.22. The van der Waals surface area contributed by atoms with Crippen LogP contribution in [0.15, 0.2) is 36.7 Å². The maximum Gasteiger partial charge on any atom is 0.245 e. The number of rotatable bonds is 3. The molecule has 0 fully saturated rings. The number of amides is 1. The first-order valence-corrected chi connectivity index (χ1v) is 6.34. The fourth-order valence-electron chi connectivity index (χ4n) is 2.26. The smallest absolute Gasteiger partial charge is 0.245 e. The van der Waals surface area contributed by atoms with Crippen molar-refractivity contribution in [3.63, 3.8) is 0 Å². The lowest BCUT2D eigenvalue weighted by atomic mass is 10.1. The molecule has 20 heavy (non-hydrogen) atoms. The van der Waals surface area contributed by atoms with Gasteiger partial charge in [0, 0.05) is 24.1 Å². The maximum absolute atomic E-state index is 12.0. The molecule has 0 aliphatic carbocycles. The van der Waals surface area contributed by atoms with Crippen molar-refractivity contribution in [2.24, 2.45) is 7.05 Å². The molecule has 0 saturated carbocycles. The zero-order chi connectivity index (χ0) is 14.1. The minimum absolute atomic E-state index is 0.121. The molecule has 6 nitrogen and oxygen atoms in total. The van der Waals surface area contributed by atoms with E-state index in [0.717, 1.165) is 5.52 Å². The number of hydrogen-bond acceptors (Lipinski definition) is 3. The quantitative estimate of drug-likeness (QED) is 0.787. The van der Waals surface area contributed by atoms with Crippen LogP contribution in [0.2, 0.25) is 0 Å². The highest BCUT2D eigenvalue weighted by Gasteiger charge is 2.09. The van der Waals surface area contributed by atoms with Gasteiger partial charge in [-0.25, -0.2) is 0 Å². The molecule has 2 heterocycles. The lowest BCUT2D eigenvalue weighted by Crippen LogP contribution is -2.18. The molecule has 0 unspecified atom stereocenters. The summed E-state index contributed by atoms with van der Waals surface area (Å²) in [5.41, 5.74) is 2.26. The van der Waals surface area contributed by atoms with Crippen LogP contribution >= 0.6 is 0 Å². The second-order valence-corrected chi connectivity index (χ2v) is 4.78. The molecule has 0 bridgehead atoms. The number of benzene rings is 1. The van der Waals surface area contributed by atoms with Gasteiger partial charge in [0.1, 0.15) is 6.54 Å². The summed E-state index contributed by atoms with van der Waals surface area (Å²) in [5.74, 6) is 0.342. The SMILES string of the molecule is Cc1cccc2c1ccn2CC(=O)Nc1cn(C)nn1. The van der Waals surface area contributed by atoms with Gasteiger partial charge in [-0.2, -0.15) is 0 Å². The normalized spacial score (nSPS) is 10.9. The van der Waals surface area contributed by atoms with Crippen LogP contribution in [0.1, 0.15) is 5.56 Å². The molecule has 3 rings (SSSR count). The molecule has 102 valence electrons. The van der Waals surface area contributed by atoms with Crippen LogP contribution in [0.4, 0.5) is 5.82 Å². The van der Waals surface area contributed by atoms with Crippen molar-refractivity contribution in [3.05, 3.63) is 42.2 Å². The van der Waals surface area contributed by atoms with E-state index in [2.05, 4.69) is 28.6 Å². The van der Waals surface area contributed by atoms with Gasteiger partial charge in [0.05, 0.1) is 6.20 Å². The number of fused-ring (bicyclic) bond motifs is 1. The van der Waals surface area contributed by atoms with E-state index in [1.165, 1.54) is 10.9 Å². The van der Waals surface area contributed by atoms with E-state index in [4.69, 9.17) is 0 Å². The van der Waals surface area contributed by atoms with E-state index < -0.39 is 0 Å². The third-order valence-corrected chi connectivity index (χ3v) is 3.22. The van der Waals surface area contributed by atoms with Gasteiger partial charge in [0.25, 0.3) is 0 Å². The highest BCUT2D eigenvalue weighted by Crippen LogP contribution is 2.19. The van der Waals surface area contributed by atoms with Crippen molar-refractivity contribution in [2.75, 3.05) is 5.32 Å². The van der Waals surface area contributed by atoms with E-state index in [1.807, 2.05) is 29.0 Å². The van der Waals surface area contributed by atoms with Crippen LogP contribution < -0.4 is 5.32 Å². The Labute approximate surface area is 116 Å². The van der Waals surface area contributed by atoms with Crippen molar-refractivity contribution in [3.8, 4) is 0 Å². The Morgan fingerprint density at radius 2 is 2.20 bits per heavy atom. The van der Waals surface area contributed by atoms with E-state index in [9.17, 15) is 4.79 Å². The summed E-state index contributed by atoms with van der Waals surface area (Å²) < 4.78 is 3.47. The van der Waals surface area contributed by atoms with Crippen LogP contribution in [0.3, 0.4) is 0 Å². The molecule has 6 heteroatoms. The predicted molar refractivity (Wildman–Crippen MR) is 76.3 cm³/mol. The van der Waals surface area contributed by atoms with Crippen LogP contribution in [0.5, 0.6) is 0 Å². The Morgan fingerprint density at radius 3 is 2.95 bits per heavy atom. The van der Waals surface area contributed by atoms with E-state index in [0.29, 0.717) is 5.82 Å². The third kappa shape index (κ3) is 2.27. The lowest BCUT2D eigenvalue weighted by molar-refractivity contribution is -0.116. The molecule has 1 aromatic carbocycles. The van der Waals surface area contributed by atoms with E-state index in [1.54, 1.807) is 17.9 Å². The van der Waals surface area contributed by atoms with Gasteiger partial charge in [-0.3, -0.25) is 9.48 Å². The lowest BCUT2D eigenvalue weighted by Gasteiger charge is -2.05. The van der Waals surface area contributed by atoms with Crippen LogP contribution in [0, 0.1) is 6.92 Å². The number of carbonyl (C=O) groups is 1. The summed E-state index contributed by atoms with van der Waals surface area (Å²) >= 11 is 0. The highest BCUT2D eigenvalue weighted by atomic mass is 16.2. The number of carbonyl (C=O) groups excluding carboxylic acids is 1. The van der Waals surface area contributed by atoms with Crippen molar-refractivity contribution in [1.29, 1.82) is 0 Å². The van der Waals surface area contributed by atoms with Crippen molar-refractivity contribution >= 4 is 22.6 Å². The zero-order valence-electron chi connectivity index (χ0n) is 11.4. The molecule has 1 N–H and O–H groups in total. The zero-order valence-corrected chi connectivity index (χ0v) is 11.4. The Balaban J connectivity index is 1.79. The molecule has 0 radical (unpaired) electrons. The van der Waals surface area contributed by atoms with Gasteiger partial charge in [-0.05, 0) is 24.6 Å². The molecule has 0 atom stereocenters. The molecule has 1 amide bonds. The Hall–Kier alpha value is -2.63. The summed E-state index contributed by atoms with van der Waals surface area (Å²) in [6.45, 7) is 2.32. The molecule has 0 aliphatic rings. The van der Waals surface area contributed by atoms with Gasteiger partial charge in [-0.15, -0.1) is 5.10 Å². The van der Waals surface area contributed by atoms with Gasteiger partial charge in [0.2, 0.25) is 5.91 Å². The van der Waals surface area contributed by atoms with Gasteiger partial charge in [0.15, 0.2) is 5.82 Å². The molecular formula is C14H15N5O. The van der Waals surface area contributed by atoms with Gasteiger partial charge in [-0.1, -0.05) is 17.3 Å². The van der Waals surface area contributed by atoms with Gasteiger partial charge < -0.3 is 9.88 Å². The van der Waals surface area contributed by atoms with Crippen LogP contribution in [-0.2, 0) is 18.4 Å². The second-order valence-electron chi connectivity index (χ2n) is 4.78. The second kappa shape index (κ2) is 4.80. The Kier molecular flexibility index (Phi) is 2.98. The number of anilines is 1. The minimum atomic E-state index is -0.121. The largest absolute Gasteiger partial charge is 0.338 e. The number of aromatic nitrogens is 4. The van der Waals surface area contributed by atoms with E-state index in [-0.39, 0.29) is 12.5 Å². The van der Waals surface area contributed by atoms with Gasteiger partial charge >= 0.3 is 0 Å². The standard InChI is InChI=1S/C14H15N5O/c1-10-4-3-5-12-11(10)6-7-19(12)9-14(20)15-13-8-18(2)17-16-13/h3-8H,9H2,1-2H3,(H,15,20). The molecule has 3 aromatic rings. The molecule has 0 aliphatic heterocycles. The van der Waals surface area contributed by atoms with E-state index >= 15 is 0 Å². The fraction of sp³-hybridized carbons (Fsp3) is 0.214. The number of aryl methyl sites for hydroxylation is 2. The minimum Gasteiger partial charge on any atom is -0.338 e. The average molecular weight is 269 g/mol. The summed E-state index contributed by atoms with van der Waals surface area (Å²) in [6, 6.07) is 8.10.